The van der Waals surface area contributed by atoms with E-state index in [1.807, 2.05) is 4.90 Å². The number of anilines is 1. The lowest BCUT2D eigenvalue weighted by Gasteiger charge is -2.21. The van der Waals surface area contributed by atoms with Gasteiger partial charge in [-0.2, -0.15) is 4.37 Å². The second kappa shape index (κ2) is 7.50. The van der Waals surface area contributed by atoms with Gasteiger partial charge in [-0.25, -0.2) is 9.18 Å². The third-order valence-corrected chi connectivity index (χ3v) is 5.56. The zero-order chi connectivity index (χ0) is 19.3. The van der Waals surface area contributed by atoms with Gasteiger partial charge in [-0.3, -0.25) is 4.79 Å². The Labute approximate surface area is 169 Å². The fourth-order valence-corrected chi connectivity index (χ4v) is 4.14. The molecule has 3 N–H and O–H groups in total. The molecule has 148 valence electrons. The van der Waals surface area contributed by atoms with Crippen LogP contribution in [0.5, 0.6) is 0 Å². The molecule has 10 heteroatoms. The van der Waals surface area contributed by atoms with Crippen LogP contribution in [0.1, 0.15) is 22.5 Å². The van der Waals surface area contributed by atoms with Gasteiger partial charge in [-0.05, 0) is 37.0 Å². The molecule has 2 aromatic heterocycles. The maximum atomic E-state index is 14.8. The minimum Gasteiger partial charge on any atom is -0.477 e. The number of carboxylic acids is 1. The van der Waals surface area contributed by atoms with Gasteiger partial charge in [-0.15, -0.1) is 12.4 Å². The fourth-order valence-electron chi connectivity index (χ4n) is 3.45. The number of pyridine rings is 1. The summed E-state index contributed by atoms with van der Waals surface area (Å²) in [6, 6.07) is 2.68. The lowest BCUT2D eigenvalue weighted by molar-refractivity contribution is 0.0695. The Morgan fingerprint density at radius 1 is 1.39 bits per heavy atom. The second-order valence-electron chi connectivity index (χ2n) is 6.65. The van der Waals surface area contributed by atoms with Crippen molar-refractivity contribution in [3.8, 4) is 5.69 Å². The molecule has 1 aliphatic rings. The number of aromatic carboxylic acids is 1. The number of nitrogens with two attached hydrogens (primary N) is 1. The molecule has 0 saturated carbocycles. The molecule has 0 radical (unpaired) electrons. The smallest absolute Gasteiger partial charge is 0.341 e. The number of carbonyl (C=O) groups is 1. The van der Waals surface area contributed by atoms with Gasteiger partial charge < -0.3 is 20.3 Å². The van der Waals surface area contributed by atoms with Crippen molar-refractivity contribution in [2.24, 2.45) is 5.73 Å². The van der Waals surface area contributed by atoms with Crippen LogP contribution in [0, 0.1) is 12.7 Å². The molecule has 0 bridgehead atoms. The number of nitrogens with zero attached hydrogens (tertiary/aromatic N) is 3. The molecule has 1 atom stereocenters. The van der Waals surface area contributed by atoms with Gasteiger partial charge in [0.2, 0.25) is 5.43 Å². The molecular weight excluding hydrogens is 407 g/mol. The molecule has 1 aliphatic heterocycles. The molecular formula is C18H18ClFN4O3S. The molecule has 7 nitrogen and oxygen atoms in total. The quantitative estimate of drug-likeness (QED) is 0.670. The Morgan fingerprint density at radius 3 is 2.71 bits per heavy atom. The summed E-state index contributed by atoms with van der Waals surface area (Å²) >= 11 is 1.22. The summed E-state index contributed by atoms with van der Waals surface area (Å²) in [6.45, 7) is 2.94. The summed E-state index contributed by atoms with van der Waals surface area (Å²) in [6.07, 6.45) is 2.04. The summed E-state index contributed by atoms with van der Waals surface area (Å²) in [7, 11) is 0. The van der Waals surface area contributed by atoms with E-state index in [0.717, 1.165) is 12.5 Å². The van der Waals surface area contributed by atoms with Gasteiger partial charge in [-0.1, -0.05) is 0 Å². The minimum absolute atomic E-state index is 0. The molecule has 0 amide bonds. The van der Waals surface area contributed by atoms with Crippen LogP contribution in [0.15, 0.2) is 28.5 Å². The standard InChI is InChI=1S/C18H17FN4O3S.ClH/c1-9-16(8-27-21-9)23-7-12(18(25)26)17(24)11-4-13(19)15(5-14(11)23)22-3-2-10(20)6-22;/h4-5,7-8,10H,2-3,6,20H2,1H3,(H,25,26);1H. The van der Waals surface area contributed by atoms with Gasteiger partial charge in [0.15, 0.2) is 0 Å². The first-order valence-electron chi connectivity index (χ1n) is 8.41. The first-order valence-corrected chi connectivity index (χ1v) is 9.24. The number of aryl methyl sites for hydroxylation is 1. The molecule has 1 fully saturated rings. The van der Waals surface area contributed by atoms with Gasteiger partial charge in [0, 0.05) is 36.1 Å². The van der Waals surface area contributed by atoms with E-state index in [4.69, 9.17) is 5.73 Å². The van der Waals surface area contributed by atoms with Crippen molar-refractivity contribution in [3.05, 3.63) is 51.0 Å². The highest BCUT2D eigenvalue weighted by molar-refractivity contribution is 7.04. The zero-order valence-electron chi connectivity index (χ0n) is 14.9. The SMILES string of the molecule is Cc1nscc1-n1cc(C(=O)O)c(=O)c2cc(F)c(N3CCC(N)C3)cc21.Cl. The number of hydrogen-bond donors (Lipinski definition) is 2. The summed E-state index contributed by atoms with van der Waals surface area (Å²) in [5.41, 5.74) is 6.95. The minimum atomic E-state index is -1.36. The maximum absolute atomic E-state index is 14.8. The number of rotatable bonds is 3. The normalized spacial score (nSPS) is 16.4. The Bertz CT molecular complexity index is 1130. The Balaban J connectivity index is 0.00000225. The van der Waals surface area contributed by atoms with E-state index in [1.54, 1.807) is 22.9 Å². The van der Waals surface area contributed by atoms with Crippen molar-refractivity contribution >= 4 is 46.5 Å². The van der Waals surface area contributed by atoms with Gasteiger partial charge in [0.25, 0.3) is 0 Å². The first kappa shape index (κ1) is 20.2. The molecule has 4 rings (SSSR count). The van der Waals surface area contributed by atoms with Crippen molar-refractivity contribution < 1.29 is 14.3 Å². The monoisotopic (exact) mass is 424 g/mol. The van der Waals surface area contributed by atoms with Crippen LogP contribution in [0.3, 0.4) is 0 Å². The third-order valence-electron chi connectivity index (χ3n) is 4.85. The van der Waals surface area contributed by atoms with Crippen LogP contribution in [0.2, 0.25) is 0 Å². The molecule has 1 unspecified atom stereocenters. The number of benzene rings is 1. The lowest BCUT2D eigenvalue weighted by atomic mass is 10.1. The van der Waals surface area contributed by atoms with E-state index < -0.39 is 22.8 Å². The molecule has 28 heavy (non-hydrogen) atoms. The van der Waals surface area contributed by atoms with Crippen molar-refractivity contribution in [2.75, 3.05) is 18.0 Å². The average Bonchev–Trinajstić information content (AvgIpc) is 3.23. The van der Waals surface area contributed by atoms with Crippen molar-refractivity contribution in [1.82, 2.24) is 8.94 Å². The Hall–Kier alpha value is -2.49. The van der Waals surface area contributed by atoms with Crippen LogP contribution >= 0.6 is 23.9 Å². The van der Waals surface area contributed by atoms with Gasteiger partial charge in [0.1, 0.15) is 11.4 Å². The average molecular weight is 425 g/mol. The third kappa shape index (κ3) is 3.25. The second-order valence-corrected chi connectivity index (χ2v) is 7.28. The number of carboxylic acid groups (broad SMARTS) is 1. The molecule has 3 aromatic rings. The fraction of sp³-hybridized carbons (Fsp3) is 0.278. The molecule has 1 aromatic carbocycles. The zero-order valence-corrected chi connectivity index (χ0v) is 16.5. The number of aromatic nitrogens is 2. The van der Waals surface area contributed by atoms with E-state index in [0.29, 0.717) is 35.7 Å². The van der Waals surface area contributed by atoms with Gasteiger partial charge >= 0.3 is 5.97 Å². The lowest BCUT2D eigenvalue weighted by Crippen LogP contribution is -2.27. The van der Waals surface area contributed by atoms with E-state index in [2.05, 4.69) is 4.37 Å². The highest BCUT2D eigenvalue weighted by atomic mass is 35.5. The molecule has 0 aliphatic carbocycles. The predicted molar refractivity (Wildman–Crippen MR) is 109 cm³/mol. The van der Waals surface area contributed by atoms with E-state index in [1.165, 1.54) is 17.7 Å². The molecule has 3 heterocycles. The largest absolute Gasteiger partial charge is 0.477 e. The highest BCUT2D eigenvalue weighted by Gasteiger charge is 2.24. The topological polar surface area (TPSA) is 101 Å². The number of fused-ring (bicyclic) bond motifs is 1. The van der Waals surface area contributed by atoms with E-state index >= 15 is 0 Å². The van der Waals surface area contributed by atoms with Gasteiger partial charge in [0.05, 0.1) is 22.6 Å². The van der Waals surface area contributed by atoms with Crippen LogP contribution in [0.4, 0.5) is 10.1 Å². The summed E-state index contributed by atoms with van der Waals surface area (Å²) in [5.74, 6) is -1.92. The van der Waals surface area contributed by atoms with Crippen LogP contribution < -0.4 is 16.1 Å². The summed E-state index contributed by atoms with van der Waals surface area (Å²) in [4.78, 5) is 26.0. The molecule has 1 saturated heterocycles. The first-order chi connectivity index (χ1) is 12.9. The van der Waals surface area contributed by atoms with E-state index in [9.17, 15) is 19.1 Å². The van der Waals surface area contributed by atoms with Crippen molar-refractivity contribution in [2.45, 2.75) is 19.4 Å². The Morgan fingerprint density at radius 2 is 2.14 bits per heavy atom. The Kier molecular flexibility index (Phi) is 5.42. The molecule has 0 spiro atoms. The van der Waals surface area contributed by atoms with E-state index in [-0.39, 0.29) is 23.8 Å². The predicted octanol–water partition coefficient (Wildman–Crippen LogP) is 2.55. The number of hydrogen-bond acceptors (Lipinski definition) is 6. The summed E-state index contributed by atoms with van der Waals surface area (Å²) < 4.78 is 20.6. The van der Waals surface area contributed by atoms with Crippen molar-refractivity contribution in [1.29, 1.82) is 0 Å². The number of halogens is 2. The maximum Gasteiger partial charge on any atom is 0.341 e. The highest BCUT2D eigenvalue weighted by Crippen LogP contribution is 2.30. The van der Waals surface area contributed by atoms with Crippen molar-refractivity contribution in [3.63, 3.8) is 0 Å². The van der Waals surface area contributed by atoms with Crippen LogP contribution in [-0.4, -0.2) is 39.1 Å². The van der Waals surface area contributed by atoms with Crippen LogP contribution in [0.25, 0.3) is 16.6 Å². The van der Waals surface area contributed by atoms with Crippen LogP contribution in [-0.2, 0) is 0 Å². The summed E-state index contributed by atoms with van der Waals surface area (Å²) in [5, 5.41) is 11.2.